The largest absolute Gasteiger partial charge is 0.378 e. The molecule has 0 bridgehead atoms. The minimum Gasteiger partial charge on any atom is -0.378 e. The molecule has 0 saturated carbocycles. The lowest BCUT2D eigenvalue weighted by atomic mass is 10.4. The normalized spacial score (nSPS) is 18.4. The Balaban J connectivity index is 2.47. The highest BCUT2D eigenvalue weighted by Gasteiger charge is 2.18. The molecule has 1 saturated heterocycles. The van der Waals surface area contributed by atoms with E-state index in [4.69, 9.17) is 4.74 Å². The molecule has 0 aromatic heterocycles. The first-order valence-electron chi connectivity index (χ1n) is 3.83. The highest BCUT2D eigenvalue weighted by molar-refractivity contribution is 7.89. The molecule has 7 heteroatoms. The van der Waals surface area contributed by atoms with Gasteiger partial charge in [0.25, 0.3) is 0 Å². The summed E-state index contributed by atoms with van der Waals surface area (Å²) >= 11 is 0. The van der Waals surface area contributed by atoms with E-state index in [2.05, 4.69) is 0 Å². The Morgan fingerprint density at radius 1 is 1.38 bits per heavy atom. The van der Waals surface area contributed by atoms with Crippen LogP contribution >= 0.6 is 0 Å². The van der Waals surface area contributed by atoms with E-state index in [1.54, 1.807) is 0 Å². The summed E-state index contributed by atoms with van der Waals surface area (Å²) in [6, 6.07) is -0.578. The van der Waals surface area contributed by atoms with Gasteiger partial charge in [0.05, 0.1) is 19.5 Å². The van der Waals surface area contributed by atoms with Gasteiger partial charge in [-0.05, 0) is 0 Å². The van der Waals surface area contributed by atoms with Crippen molar-refractivity contribution in [3.63, 3.8) is 0 Å². The number of amides is 2. The fraction of sp³-hybridized carbons (Fsp3) is 0.833. The molecule has 1 aliphatic rings. The summed E-state index contributed by atoms with van der Waals surface area (Å²) in [6.45, 7) is 1.77. The third kappa shape index (κ3) is 3.60. The Hall–Kier alpha value is -0.820. The van der Waals surface area contributed by atoms with Crippen molar-refractivity contribution < 1.29 is 17.9 Å². The van der Waals surface area contributed by atoms with Crippen molar-refractivity contribution in [2.45, 2.75) is 0 Å². The Labute approximate surface area is 76.9 Å². The Bertz CT molecular complexity index is 281. The van der Waals surface area contributed by atoms with E-state index in [0.717, 1.165) is 6.26 Å². The van der Waals surface area contributed by atoms with Gasteiger partial charge in [-0.25, -0.2) is 17.9 Å². The van der Waals surface area contributed by atoms with Crippen LogP contribution in [-0.2, 0) is 14.8 Å². The minimum absolute atomic E-state index is 0.432. The first kappa shape index (κ1) is 10.3. The number of morpholine rings is 1. The number of hydrogen-bond acceptors (Lipinski definition) is 4. The zero-order chi connectivity index (χ0) is 9.90. The summed E-state index contributed by atoms with van der Waals surface area (Å²) in [5, 5.41) is 0. The first-order valence-corrected chi connectivity index (χ1v) is 5.72. The molecule has 0 aromatic rings. The molecule has 1 rings (SSSR count). The molecule has 0 aromatic carbocycles. The third-order valence-corrected chi connectivity index (χ3v) is 2.12. The maximum atomic E-state index is 11.2. The molecule has 6 nitrogen and oxygen atoms in total. The summed E-state index contributed by atoms with van der Waals surface area (Å²) < 4.78 is 28.3. The van der Waals surface area contributed by atoms with Gasteiger partial charge < -0.3 is 9.64 Å². The van der Waals surface area contributed by atoms with Gasteiger partial charge in [0.15, 0.2) is 0 Å². The minimum atomic E-state index is -3.45. The predicted molar refractivity (Wildman–Crippen MR) is 45.8 cm³/mol. The third-order valence-electron chi connectivity index (χ3n) is 1.57. The lowest BCUT2D eigenvalue weighted by molar-refractivity contribution is 0.0545. The second kappa shape index (κ2) is 3.93. The maximum Gasteiger partial charge on any atom is 0.331 e. The molecule has 76 valence electrons. The quantitative estimate of drug-likeness (QED) is 0.599. The van der Waals surface area contributed by atoms with Crippen molar-refractivity contribution >= 4 is 16.1 Å². The Morgan fingerprint density at radius 3 is 2.38 bits per heavy atom. The number of hydrogen-bond donors (Lipinski definition) is 1. The lowest BCUT2D eigenvalue weighted by Gasteiger charge is -2.26. The summed E-state index contributed by atoms with van der Waals surface area (Å²) in [6.07, 6.45) is 0.950. The number of sulfonamides is 1. The molecular formula is C6H12N2O4S. The predicted octanol–water partition coefficient (Wildman–Crippen LogP) is -1.01. The van der Waals surface area contributed by atoms with Crippen LogP contribution in [0.1, 0.15) is 0 Å². The van der Waals surface area contributed by atoms with Crippen molar-refractivity contribution in [1.82, 2.24) is 9.62 Å². The van der Waals surface area contributed by atoms with E-state index in [9.17, 15) is 13.2 Å². The Kier molecular flexibility index (Phi) is 3.10. The first-order chi connectivity index (χ1) is 5.99. The van der Waals surface area contributed by atoms with E-state index in [1.807, 2.05) is 4.72 Å². The molecule has 0 radical (unpaired) electrons. The van der Waals surface area contributed by atoms with E-state index in [0.29, 0.717) is 26.3 Å². The van der Waals surface area contributed by atoms with Crippen LogP contribution in [0.25, 0.3) is 0 Å². The van der Waals surface area contributed by atoms with E-state index >= 15 is 0 Å². The average Bonchev–Trinajstić information content (AvgIpc) is 2.03. The molecule has 1 aliphatic heterocycles. The fourth-order valence-corrected chi connectivity index (χ4v) is 1.44. The highest BCUT2D eigenvalue weighted by Crippen LogP contribution is 1.97. The van der Waals surface area contributed by atoms with Crippen LogP contribution in [0.5, 0.6) is 0 Å². The summed E-state index contributed by atoms with van der Waals surface area (Å²) in [5.41, 5.74) is 0. The van der Waals surface area contributed by atoms with Crippen LogP contribution in [0.3, 0.4) is 0 Å². The lowest BCUT2D eigenvalue weighted by Crippen LogP contribution is -2.47. The van der Waals surface area contributed by atoms with Gasteiger partial charge in [0.1, 0.15) is 0 Å². The van der Waals surface area contributed by atoms with Crippen molar-refractivity contribution in [2.75, 3.05) is 32.6 Å². The number of carbonyl (C=O) groups excluding carboxylic acids is 1. The molecule has 2 amide bonds. The maximum absolute atomic E-state index is 11.2. The second-order valence-corrected chi connectivity index (χ2v) is 4.53. The molecule has 1 heterocycles. The zero-order valence-corrected chi connectivity index (χ0v) is 8.13. The van der Waals surface area contributed by atoms with Gasteiger partial charge in [-0.3, -0.25) is 0 Å². The highest BCUT2D eigenvalue weighted by atomic mass is 32.2. The van der Waals surface area contributed by atoms with Crippen LogP contribution in [-0.4, -0.2) is 51.9 Å². The van der Waals surface area contributed by atoms with Gasteiger partial charge in [0, 0.05) is 13.1 Å². The fourth-order valence-electron chi connectivity index (χ4n) is 0.990. The molecule has 1 N–H and O–H groups in total. The molecule has 13 heavy (non-hydrogen) atoms. The van der Waals surface area contributed by atoms with Crippen molar-refractivity contribution in [3.05, 3.63) is 0 Å². The molecule has 1 fully saturated rings. The smallest absolute Gasteiger partial charge is 0.331 e. The molecular weight excluding hydrogens is 196 g/mol. The van der Waals surface area contributed by atoms with Gasteiger partial charge in [-0.1, -0.05) is 0 Å². The number of rotatable bonds is 1. The molecule has 0 spiro atoms. The average molecular weight is 208 g/mol. The Morgan fingerprint density at radius 2 is 1.92 bits per heavy atom. The van der Waals surface area contributed by atoms with Crippen molar-refractivity contribution in [3.8, 4) is 0 Å². The van der Waals surface area contributed by atoms with Crippen LogP contribution in [0.15, 0.2) is 0 Å². The van der Waals surface area contributed by atoms with Crippen LogP contribution < -0.4 is 4.72 Å². The van der Waals surface area contributed by atoms with Crippen molar-refractivity contribution in [2.24, 2.45) is 0 Å². The summed E-state index contributed by atoms with van der Waals surface area (Å²) in [5.74, 6) is 0. The van der Waals surface area contributed by atoms with Gasteiger partial charge in [-0.2, -0.15) is 0 Å². The topological polar surface area (TPSA) is 75.7 Å². The zero-order valence-electron chi connectivity index (χ0n) is 7.32. The number of nitrogens with one attached hydrogen (secondary N) is 1. The van der Waals surface area contributed by atoms with Gasteiger partial charge in [-0.15, -0.1) is 0 Å². The second-order valence-electron chi connectivity index (χ2n) is 2.78. The number of ether oxygens (including phenoxy) is 1. The van der Waals surface area contributed by atoms with E-state index in [1.165, 1.54) is 4.90 Å². The molecule has 0 atom stereocenters. The van der Waals surface area contributed by atoms with Gasteiger partial charge >= 0.3 is 6.03 Å². The number of urea groups is 1. The van der Waals surface area contributed by atoms with Crippen molar-refractivity contribution in [1.29, 1.82) is 0 Å². The van der Waals surface area contributed by atoms with Crippen LogP contribution in [0.2, 0.25) is 0 Å². The molecule has 0 aliphatic carbocycles. The molecule has 0 unspecified atom stereocenters. The summed E-state index contributed by atoms with van der Waals surface area (Å²) in [4.78, 5) is 12.6. The standard InChI is InChI=1S/C6H12N2O4S/c1-13(10,11)7-6(9)8-2-4-12-5-3-8/h2-5H2,1H3,(H,7,9). The number of carbonyl (C=O) groups is 1. The monoisotopic (exact) mass is 208 g/mol. The van der Waals surface area contributed by atoms with E-state index in [-0.39, 0.29) is 0 Å². The van der Waals surface area contributed by atoms with Crippen LogP contribution in [0, 0.1) is 0 Å². The van der Waals surface area contributed by atoms with E-state index < -0.39 is 16.1 Å². The number of nitrogens with zero attached hydrogens (tertiary/aromatic N) is 1. The van der Waals surface area contributed by atoms with Crippen LogP contribution in [0.4, 0.5) is 4.79 Å². The summed E-state index contributed by atoms with van der Waals surface area (Å²) in [7, 11) is -3.45. The SMILES string of the molecule is CS(=O)(=O)NC(=O)N1CCOCC1. The van der Waals surface area contributed by atoms with Gasteiger partial charge in [0.2, 0.25) is 10.0 Å².